The molecule has 0 radical (unpaired) electrons. The van der Waals surface area contributed by atoms with Gasteiger partial charge in [0.05, 0.1) is 6.54 Å². The van der Waals surface area contributed by atoms with E-state index in [0.717, 1.165) is 31.2 Å². The van der Waals surface area contributed by atoms with Crippen LogP contribution in [0.25, 0.3) is 0 Å². The summed E-state index contributed by atoms with van der Waals surface area (Å²) in [7, 11) is 2.10. The lowest BCUT2D eigenvalue weighted by Crippen LogP contribution is -2.17. The van der Waals surface area contributed by atoms with Crippen molar-refractivity contribution in [3.05, 3.63) is 53.0 Å². The highest BCUT2D eigenvalue weighted by Gasteiger charge is 2.08. The topological polar surface area (TPSA) is 28.4 Å². The highest BCUT2D eigenvalue weighted by Crippen LogP contribution is 2.22. The van der Waals surface area contributed by atoms with Gasteiger partial charge in [0.25, 0.3) is 0 Å². The lowest BCUT2D eigenvalue weighted by atomic mass is 10.1. The van der Waals surface area contributed by atoms with Crippen molar-refractivity contribution in [3.8, 4) is 0 Å². The lowest BCUT2D eigenvalue weighted by Gasteiger charge is -2.21. The molecule has 1 aromatic carbocycles. The van der Waals surface area contributed by atoms with Gasteiger partial charge in [-0.1, -0.05) is 19.1 Å². The van der Waals surface area contributed by atoms with E-state index in [0.29, 0.717) is 0 Å². The number of hydrogen-bond donors (Lipinski definition) is 1. The molecule has 1 N–H and O–H groups in total. The fourth-order valence-electron chi connectivity index (χ4n) is 2.41. The maximum absolute atomic E-state index is 5.64. The van der Waals surface area contributed by atoms with E-state index in [4.69, 9.17) is 4.42 Å². The minimum Gasteiger partial charge on any atom is -0.464 e. The van der Waals surface area contributed by atoms with Gasteiger partial charge in [0.15, 0.2) is 0 Å². The van der Waals surface area contributed by atoms with Crippen LogP contribution in [0.5, 0.6) is 0 Å². The average molecular weight is 272 g/mol. The predicted octanol–water partition coefficient (Wildman–Crippen LogP) is 3.64. The first-order chi connectivity index (χ1) is 9.60. The molecule has 20 heavy (non-hydrogen) atoms. The number of anilines is 1. The van der Waals surface area contributed by atoms with Gasteiger partial charge in [0.2, 0.25) is 0 Å². The number of rotatable bonds is 6. The normalized spacial score (nSPS) is 10.8. The van der Waals surface area contributed by atoms with Crippen LogP contribution in [0.3, 0.4) is 0 Å². The minimum absolute atomic E-state index is 0.793. The zero-order valence-electron chi connectivity index (χ0n) is 12.9. The Hall–Kier alpha value is -1.74. The fourth-order valence-corrected chi connectivity index (χ4v) is 2.41. The van der Waals surface area contributed by atoms with Crippen LogP contribution in [-0.4, -0.2) is 13.6 Å². The number of furan rings is 1. The van der Waals surface area contributed by atoms with Gasteiger partial charge in [-0.05, 0) is 49.7 Å². The van der Waals surface area contributed by atoms with Gasteiger partial charge in [-0.2, -0.15) is 0 Å². The average Bonchev–Trinajstić information content (AvgIpc) is 2.81. The molecule has 0 aliphatic heterocycles. The molecule has 3 nitrogen and oxygen atoms in total. The van der Waals surface area contributed by atoms with Crippen LogP contribution in [0.2, 0.25) is 0 Å². The second kappa shape index (κ2) is 6.62. The zero-order chi connectivity index (χ0) is 14.5. The molecule has 3 heteroatoms. The first-order valence-electron chi connectivity index (χ1n) is 7.17. The zero-order valence-corrected chi connectivity index (χ0v) is 12.9. The summed E-state index contributed by atoms with van der Waals surface area (Å²) in [6.45, 7) is 8.98. The third kappa shape index (κ3) is 3.64. The number of nitrogens with zero attached hydrogens (tertiary/aromatic N) is 1. The van der Waals surface area contributed by atoms with E-state index < -0.39 is 0 Å². The van der Waals surface area contributed by atoms with Crippen LogP contribution >= 0.6 is 0 Å². The molecule has 0 unspecified atom stereocenters. The Morgan fingerprint density at radius 1 is 1.15 bits per heavy atom. The fraction of sp³-hybridized carbons (Fsp3) is 0.412. The van der Waals surface area contributed by atoms with Gasteiger partial charge in [0.1, 0.15) is 11.5 Å². The molecule has 1 heterocycles. The quantitative estimate of drug-likeness (QED) is 0.870. The highest BCUT2D eigenvalue weighted by atomic mass is 16.3. The molecule has 0 atom stereocenters. The van der Waals surface area contributed by atoms with Crippen molar-refractivity contribution in [2.45, 2.75) is 33.9 Å². The van der Waals surface area contributed by atoms with Crippen molar-refractivity contribution in [3.63, 3.8) is 0 Å². The molecule has 0 aliphatic rings. The van der Waals surface area contributed by atoms with Gasteiger partial charge in [0, 0.05) is 19.3 Å². The summed E-state index contributed by atoms with van der Waals surface area (Å²) in [5, 5.41) is 3.35. The molecule has 0 spiro atoms. The van der Waals surface area contributed by atoms with Crippen LogP contribution < -0.4 is 10.2 Å². The summed E-state index contributed by atoms with van der Waals surface area (Å²) in [6, 6.07) is 10.7. The predicted molar refractivity (Wildman–Crippen MR) is 84.1 cm³/mol. The molecule has 1 aromatic heterocycles. The summed E-state index contributed by atoms with van der Waals surface area (Å²) in [5.41, 5.74) is 3.88. The van der Waals surface area contributed by atoms with Crippen molar-refractivity contribution >= 4 is 5.69 Å². The molecule has 2 aromatic rings. The molecule has 0 bridgehead atoms. The summed E-state index contributed by atoms with van der Waals surface area (Å²) < 4.78 is 5.64. The third-order valence-corrected chi connectivity index (χ3v) is 3.44. The standard InChI is InChI=1S/C17H24N2O/c1-5-18-11-15-7-9-17(13(2)10-15)19(4)12-16-8-6-14(3)20-16/h6-10,18H,5,11-12H2,1-4H3. The van der Waals surface area contributed by atoms with Crippen molar-refractivity contribution in [2.75, 3.05) is 18.5 Å². The molecular weight excluding hydrogens is 248 g/mol. The number of hydrogen-bond acceptors (Lipinski definition) is 3. The van der Waals surface area contributed by atoms with Gasteiger partial charge < -0.3 is 14.6 Å². The lowest BCUT2D eigenvalue weighted by molar-refractivity contribution is 0.481. The molecule has 2 rings (SSSR count). The van der Waals surface area contributed by atoms with E-state index >= 15 is 0 Å². The van der Waals surface area contributed by atoms with E-state index in [9.17, 15) is 0 Å². The maximum Gasteiger partial charge on any atom is 0.123 e. The number of benzene rings is 1. The van der Waals surface area contributed by atoms with Gasteiger partial charge in [-0.3, -0.25) is 0 Å². The SMILES string of the molecule is CCNCc1ccc(N(C)Cc2ccc(C)o2)c(C)c1. The largest absolute Gasteiger partial charge is 0.464 e. The van der Waals surface area contributed by atoms with E-state index in [-0.39, 0.29) is 0 Å². The van der Waals surface area contributed by atoms with Gasteiger partial charge in [-0.25, -0.2) is 0 Å². The van der Waals surface area contributed by atoms with E-state index in [1.54, 1.807) is 0 Å². The smallest absolute Gasteiger partial charge is 0.123 e. The van der Waals surface area contributed by atoms with Crippen LogP contribution in [-0.2, 0) is 13.1 Å². The van der Waals surface area contributed by atoms with E-state index in [1.807, 2.05) is 19.1 Å². The minimum atomic E-state index is 0.793. The highest BCUT2D eigenvalue weighted by molar-refractivity contribution is 5.54. The molecular formula is C17H24N2O. The Kier molecular flexibility index (Phi) is 4.85. The first-order valence-corrected chi connectivity index (χ1v) is 7.17. The first kappa shape index (κ1) is 14.7. The third-order valence-electron chi connectivity index (χ3n) is 3.44. The van der Waals surface area contributed by atoms with Gasteiger partial charge in [-0.15, -0.1) is 0 Å². The summed E-state index contributed by atoms with van der Waals surface area (Å²) in [4.78, 5) is 2.23. The molecule has 0 saturated heterocycles. The monoisotopic (exact) mass is 272 g/mol. The number of nitrogens with one attached hydrogen (secondary N) is 1. The Bertz CT molecular complexity index is 560. The Morgan fingerprint density at radius 2 is 1.95 bits per heavy atom. The molecule has 0 aliphatic carbocycles. The van der Waals surface area contributed by atoms with Crippen LogP contribution in [0.4, 0.5) is 5.69 Å². The van der Waals surface area contributed by atoms with Gasteiger partial charge >= 0.3 is 0 Å². The van der Waals surface area contributed by atoms with Crippen LogP contribution in [0.15, 0.2) is 34.7 Å². The van der Waals surface area contributed by atoms with Crippen molar-refractivity contribution in [2.24, 2.45) is 0 Å². The van der Waals surface area contributed by atoms with Crippen LogP contribution in [0, 0.1) is 13.8 Å². The Labute approximate surface area is 121 Å². The van der Waals surface area contributed by atoms with E-state index in [1.165, 1.54) is 16.8 Å². The summed E-state index contributed by atoms with van der Waals surface area (Å²) in [6.07, 6.45) is 0. The molecule has 0 fully saturated rings. The van der Waals surface area contributed by atoms with Crippen LogP contribution in [0.1, 0.15) is 29.6 Å². The Balaban J connectivity index is 2.07. The molecule has 0 amide bonds. The molecule has 0 saturated carbocycles. The van der Waals surface area contributed by atoms with E-state index in [2.05, 4.69) is 49.3 Å². The Morgan fingerprint density at radius 3 is 2.55 bits per heavy atom. The van der Waals surface area contributed by atoms with Crippen molar-refractivity contribution in [1.82, 2.24) is 5.32 Å². The second-order valence-corrected chi connectivity index (χ2v) is 5.27. The van der Waals surface area contributed by atoms with Crippen molar-refractivity contribution < 1.29 is 4.42 Å². The molecule has 108 valence electrons. The summed E-state index contributed by atoms with van der Waals surface area (Å²) >= 11 is 0. The number of aryl methyl sites for hydroxylation is 2. The van der Waals surface area contributed by atoms with Crippen molar-refractivity contribution in [1.29, 1.82) is 0 Å². The maximum atomic E-state index is 5.64. The summed E-state index contributed by atoms with van der Waals surface area (Å²) in [5.74, 6) is 1.97. The second-order valence-electron chi connectivity index (χ2n) is 5.27.